The lowest BCUT2D eigenvalue weighted by Gasteiger charge is -2.16. The van der Waals surface area contributed by atoms with E-state index in [1.165, 1.54) is 12.0 Å². The monoisotopic (exact) mass is 225 g/mol. The van der Waals surface area contributed by atoms with Crippen LogP contribution >= 0.6 is 11.6 Å². The molecule has 0 fully saturated rings. The molecule has 0 aliphatic heterocycles. The second-order valence-corrected chi connectivity index (χ2v) is 4.80. The fourth-order valence-corrected chi connectivity index (χ4v) is 1.95. The molecule has 84 valence electrons. The highest BCUT2D eigenvalue weighted by atomic mass is 35.5. The number of halogens is 1. The van der Waals surface area contributed by atoms with Crippen LogP contribution in [0.5, 0.6) is 0 Å². The summed E-state index contributed by atoms with van der Waals surface area (Å²) in [5, 5.41) is 4.08. The Kier molecular flexibility index (Phi) is 5.13. The molecule has 2 atom stereocenters. The van der Waals surface area contributed by atoms with Gasteiger partial charge in [-0.15, -0.1) is 0 Å². The first-order valence-corrected chi connectivity index (χ1v) is 5.91. The molecule has 0 amide bonds. The van der Waals surface area contributed by atoms with E-state index in [1.807, 2.05) is 19.2 Å². The van der Waals surface area contributed by atoms with E-state index >= 15 is 0 Å². The second kappa shape index (κ2) is 6.14. The van der Waals surface area contributed by atoms with Crippen LogP contribution in [-0.4, -0.2) is 13.1 Å². The molecule has 0 radical (unpaired) electrons. The molecule has 1 nitrogen and oxygen atoms in total. The topological polar surface area (TPSA) is 12.0 Å². The predicted octanol–water partition coefficient (Wildman–Crippen LogP) is 3.52. The molecule has 1 rings (SSSR count). The Morgan fingerprint density at radius 3 is 2.33 bits per heavy atom. The number of hydrogen-bond donors (Lipinski definition) is 1. The van der Waals surface area contributed by atoms with Crippen LogP contribution in [0.25, 0.3) is 0 Å². The molecule has 0 spiro atoms. The van der Waals surface area contributed by atoms with Crippen LogP contribution < -0.4 is 5.32 Å². The fraction of sp³-hybridized carbons (Fsp3) is 0.538. The van der Waals surface area contributed by atoms with Crippen molar-refractivity contribution in [2.75, 3.05) is 7.05 Å². The van der Waals surface area contributed by atoms with E-state index in [1.54, 1.807) is 0 Å². The van der Waals surface area contributed by atoms with Crippen molar-refractivity contribution in [2.24, 2.45) is 5.92 Å². The molecule has 2 unspecified atom stereocenters. The largest absolute Gasteiger partial charge is 0.317 e. The summed E-state index contributed by atoms with van der Waals surface area (Å²) in [6, 6.07) is 8.74. The van der Waals surface area contributed by atoms with Gasteiger partial charge in [0.1, 0.15) is 0 Å². The maximum absolute atomic E-state index is 5.84. The summed E-state index contributed by atoms with van der Waals surface area (Å²) in [5.41, 5.74) is 1.37. The van der Waals surface area contributed by atoms with Gasteiger partial charge in [-0.3, -0.25) is 0 Å². The Bertz CT molecular complexity index is 281. The van der Waals surface area contributed by atoms with Crippen molar-refractivity contribution >= 4 is 11.6 Å². The molecule has 0 saturated carbocycles. The minimum absolute atomic E-state index is 0.590. The van der Waals surface area contributed by atoms with Gasteiger partial charge in [0.15, 0.2) is 0 Å². The predicted molar refractivity (Wildman–Crippen MR) is 67.5 cm³/mol. The first-order valence-electron chi connectivity index (χ1n) is 5.53. The van der Waals surface area contributed by atoms with Crippen molar-refractivity contribution in [3.8, 4) is 0 Å². The van der Waals surface area contributed by atoms with Crippen molar-refractivity contribution < 1.29 is 0 Å². The molecule has 0 aliphatic carbocycles. The minimum atomic E-state index is 0.590. The average Bonchev–Trinajstić information content (AvgIpc) is 2.21. The molecule has 2 heteroatoms. The number of benzene rings is 1. The second-order valence-electron chi connectivity index (χ2n) is 4.36. The van der Waals surface area contributed by atoms with E-state index in [0.29, 0.717) is 12.0 Å². The summed E-state index contributed by atoms with van der Waals surface area (Å²) < 4.78 is 0. The third-order valence-corrected chi connectivity index (χ3v) is 3.00. The maximum Gasteiger partial charge on any atom is 0.0406 e. The minimum Gasteiger partial charge on any atom is -0.317 e. The zero-order chi connectivity index (χ0) is 11.3. The van der Waals surface area contributed by atoms with Crippen LogP contribution in [0.1, 0.15) is 25.8 Å². The standard InChI is InChI=1S/C13H20ClN/c1-10(8-11(2)15-3)9-12-4-6-13(14)7-5-12/h4-7,10-11,15H,8-9H2,1-3H3. The molecule has 1 aromatic carbocycles. The zero-order valence-electron chi connectivity index (χ0n) is 9.76. The Morgan fingerprint density at radius 1 is 1.20 bits per heavy atom. The van der Waals surface area contributed by atoms with Gasteiger partial charge in [0, 0.05) is 11.1 Å². The Morgan fingerprint density at radius 2 is 1.80 bits per heavy atom. The van der Waals surface area contributed by atoms with Gasteiger partial charge in [-0.1, -0.05) is 30.7 Å². The van der Waals surface area contributed by atoms with Crippen LogP contribution in [0.15, 0.2) is 24.3 Å². The van der Waals surface area contributed by atoms with Crippen molar-refractivity contribution in [3.63, 3.8) is 0 Å². The molecular weight excluding hydrogens is 206 g/mol. The molecule has 1 N–H and O–H groups in total. The number of hydrogen-bond acceptors (Lipinski definition) is 1. The van der Waals surface area contributed by atoms with Gasteiger partial charge in [0.05, 0.1) is 0 Å². The number of nitrogens with one attached hydrogen (secondary N) is 1. The summed E-state index contributed by atoms with van der Waals surface area (Å²) >= 11 is 5.84. The van der Waals surface area contributed by atoms with E-state index in [9.17, 15) is 0 Å². The molecule has 0 saturated heterocycles. The SMILES string of the molecule is CNC(C)CC(C)Cc1ccc(Cl)cc1. The maximum atomic E-state index is 5.84. The smallest absolute Gasteiger partial charge is 0.0406 e. The van der Waals surface area contributed by atoms with E-state index in [-0.39, 0.29) is 0 Å². The molecule has 1 aromatic rings. The zero-order valence-corrected chi connectivity index (χ0v) is 10.5. The van der Waals surface area contributed by atoms with Crippen LogP contribution in [0, 0.1) is 5.92 Å². The van der Waals surface area contributed by atoms with Gasteiger partial charge in [0.2, 0.25) is 0 Å². The molecular formula is C13H20ClN. The Hall–Kier alpha value is -0.530. The average molecular weight is 226 g/mol. The third kappa shape index (κ3) is 4.67. The lowest BCUT2D eigenvalue weighted by molar-refractivity contribution is 0.440. The highest BCUT2D eigenvalue weighted by molar-refractivity contribution is 6.30. The molecule has 0 bridgehead atoms. The van der Waals surface area contributed by atoms with Gasteiger partial charge >= 0.3 is 0 Å². The van der Waals surface area contributed by atoms with Crippen LogP contribution in [0.3, 0.4) is 0 Å². The van der Waals surface area contributed by atoms with E-state index in [4.69, 9.17) is 11.6 Å². The van der Waals surface area contributed by atoms with E-state index < -0.39 is 0 Å². The summed E-state index contributed by atoms with van der Waals surface area (Å²) in [6.45, 7) is 4.51. The van der Waals surface area contributed by atoms with Gasteiger partial charge < -0.3 is 5.32 Å². The summed E-state index contributed by atoms with van der Waals surface area (Å²) in [5.74, 6) is 0.702. The van der Waals surface area contributed by atoms with Gasteiger partial charge in [-0.2, -0.15) is 0 Å². The first-order chi connectivity index (χ1) is 7.11. The van der Waals surface area contributed by atoms with E-state index in [0.717, 1.165) is 11.4 Å². The lowest BCUT2D eigenvalue weighted by Crippen LogP contribution is -2.24. The molecule has 15 heavy (non-hydrogen) atoms. The van der Waals surface area contributed by atoms with Crippen molar-refractivity contribution in [2.45, 2.75) is 32.7 Å². The summed E-state index contributed by atoms with van der Waals surface area (Å²) in [6.07, 6.45) is 2.34. The van der Waals surface area contributed by atoms with Crippen molar-refractivity contribution in [3.05, 3.63) is 34.9 Å². The number of rotatable bonds is 5. The Labute approximate surface area is 97.8 Å². The third-order valence-electron chi connectivity index (χ3n) is 2.75. The molecule has 0 aromatic heterocycles. The van der Waals surface area contributed by atoms with Gasteiger partial charge in [-0.25, -0.2) is 0 Å². The summed E-state index contributed by atoms with van der Waals surface area (Å²) in [4.78, 5) is 0. The molecule has 0 aliphatic rings. The summed E-state index contributed by atoms with van der Waals surface area (Å²) in [7, 11) is 2.01. The fourth-order valence-electron chi connectivity index (χ4n) is 1.83. The highest BCUT2D eigenvalue weighted by Gasteiger charge is 2.07. The highest BCUT2D eigenvalue weighted by Crippen LogP contribution is 2.16. The normalized spacial score (nSPS) is 14.9. The molecule has 0 heterocycles. The van der Waals surface area contributed by atoms with Crippen molar-refractivity contribution in [1.29, 1.82) is 0 Å². The van der Waals surface area contributed by atoms with Crippen LogP contribution in [0.2, 0.25) is 5.02 Å². The van der Waals surface area contributed by atoms with Crippen LogP contribution in [0.4, 0.5) is 0 Å². The van der Waals surface area contributed by atoms with E-state index in [2.05, 4.69) is 31.3 Å². The van der Waals surface area contributed by atoms with Gasteiger partial charge in [-0.05, 0) is 50.4 Å². The lowest BCUT2D eigenvalue weighted by atomic mass is 9.95. The van der Waals surface area contributed by atoms with Gasteiger partial charge in [0.25, 0.3) is 0 Å². The van der Waals surface area contributed by atoms with Crippen LogP contribution in [-0.2, 0) is 6.42 Å². The quantitative estimate of drug-likeness (QED) is 0.809. The Balaban J connectivity index is 2.44. The first kappa shape index (κ1) is 12.5. The van der Waals surface area contributed by atoms with Crippen molar-refractivity contribution in [1.82, 2.24) is 5.32 Å².